The third kappa shape index (κ3) is 3.94. The summed E-state index contributed by atoms with van der Waals surface area (Å²) in [5.74, 6) is -2.09. The fourth-order valence-electron chi connectivity index (χ4n) is 2.78. The second-order valence-electron chi connectivity index (χ2n) is 5.81. The van der Waals surface area contributed by atoms with Gasteiger partial charge in [0, 0.05) is 13.1 Å². The molecule has 3 N–H and O–H groups in total. The van der Waals surface area contributed by atoms with Crippen LogP contribution >= 0.6 is 0 Å². The molecule has 12 heteroatoms. The number of carboxylic acid groups (broad SMARTS) is 1. The average Bonchev–Trinajstić information content (AvgIpc) is 3.20. The van der Waals surface area contributed by atoms with Crippen LogP contribution in [-0.2, 0) is 4.79 Å². The number of amides is 1. The highest BCUT2D eigenvalue weighted by Gasteiger charge is 2.31. The van der Waals surface area contributed by atoms with Gasteiger partial charge in [-0.3, -0.25) is 30.6 Å². The molecule has 27 heavy (non-hydrogen) atoms. The van der Waals surface area contributed by atoms with Gasteiger partial charge in [0.05, 0.1) is 17.1 Å². The summed E-state index contributed by atoms with van der Waals surface area (Å²) >= 11 is 0. The van der Waals surface area contributed by atoms with Crippen LogP contribution in [0, 0.1) is 16.0 Å². The van der Waals surface area contributed by atoms with Gasteiger partial charge in [-0.25, -0.2) is 9.97 Å². The molecule has 3 rings (SSSR count). The molecule has 1 aliphatic heterocycles. The number of anilines is 2. The van der Waals surface area contributed by atoms with Crippen LogP contribution in [0.5, 0.6) is 0 Å². The van der Waals surface area contributed by atoms with Crippen molar-refractivity contribution < 1.29 is 24.0 Å². The van der Waals surface area contributed by atoms with Crippen molar-refractivity contribution in [2.75, 3.05) is 23.4 Å². The van der Waals surface area contributed by atoms with E-state index in [0.29, 0.717) is 25.9 Å². The van der Waals surface area contributed by atoms with Gasteiger partial charge >= 0.3 is 17.6 Å². The van der Waals surface area contributed by atoms with Crippen LogP contribution in [0.25, 0.3) is 0 Å². The molecular formula is C15H16N6O6. The maximum Gasteiger partial charge on any atom is 0.355 e. The molecule has 0 spiro atoms. The van der Waals surface area contributed by atoms with Gasteiger partial charge in [-0.2, -0.15) is 0 Å². The Bertz CT molecular complexity index is 846. The van der Waals surface area contributed by atoms with E-state index in [2.05, 4.69) is 20.8 Å². The molecule has 0 saturated carbocycles. The zero-order valence-corrected chi connectivity index (χ0v) is 14.0. The van der Waals surface area contributed by atoms with E-state index in [1.165, 1.54) is 18.4 Å². The summed E-state index contributed by atoms with van der Waals surface area (Å²) in [7, 11) is 0. The van der Waals surface area contributed by atoms with Gasteiger partial charge in [0.1, 0.15) is 6.33 Å². The van der Waals surface area contributed by atoms with Crippen LogP contribution < -0.4 is 15.8 Å². The number of carbonyl (C=O) groups excluding carboxylic acids is 1. The Hall–Kier alpha value is -3.70. The number of aliphatic carboxylic acids is 1. The van der Waals surface area contributed by atoms with Crippen LogP contribution in [-0.4, -0.2) is 45.0 Å². The lowest BCUT2D eigenvalue weighted by Gasteiger charge is -2.30. The van der Waals surface area contributed by atoms with Gasteiger partial charge in [-0.05, 0) is 25.0 Å². The largest absolute Gasteiger partial charge is 0.481 e. The monoisotopic (exact) mass is 376 g/mol. The highest BCUT2D eigenvalue weighted by atomic mass is 16.6. The maximum atomic E-state index is 11.9. The minimum absolute atomic E-state index is 0.0233. The summed E-state index contributed by atoms with van der Waals surface area (Å²) in [6, 6.07) is 2.96. The third-order valence-corrected chi connectivity index (χ3v) is 4.17. The molecule has 1 aliphatic rings. The average molecular weight is 376 g/mol. The van der Waals surface area contributed by atoms with Gasteiger partial charge in [0.15, 0.2) is 5.76 Å². The standard InChI is InChI=1S/C15H16N6O6/c22-14(10-2-1-7-27-10)19-18-12-11(21(25)26)13(17-8-16-12)20-5-3-9(4-6-20)15(23)24/h1-2,7-9H,3-6H2,(H,19,22)(H,23,24)(H,16,17,18). The Labute approximate surface area is 152 Å². The summed E-state index contributed by atoms with van der Waals surface area (Å²) in [5.41, 5.74) is 4.28. The number of rotatable bonds is 6. The molecule has 0 atom stereocenters. The number of hydrogen-bond donors (Lipinski definition) is 3. The lowest BCUT2D eigenvalue weighted by Crippen LogP contribution is -2.37. The van der Waals surface area contributed by atoms with Crippen LogP contribution in [0.2, 0.25) is 0 Å². The number of carboxylic acids is 1. The molecule has 2 aromatic rings. The minimum Gasteiger partial charge on any atom is -0.481 e. The predicted molar refractivity (Wildman–Crippen MR) is 91.1 cm³/mol. The van der Waals surface area contributed by atoms with Crippen molar-refractivity contribution in [3.8, 4) is 0 Å². The number of hydrazine groups is 1. The van der Waals surface area contributed by atoms with Crippen LogP contribution in [0.4, 0.5) is 17.3 Å². The van der Waals surface area contributed by atoms with Gasteiger partial charge in [-0.15, -0.1) is 0 Å². The third-order valence-electron chi connectivity index (χ3n) is 4.17. The summed E-state index contributed by atoms with van der Waals surface area (Å²) in [4.78, 5) is 43.3. The zero-order chi connectivity index (χ0) is 19.4. The number of nitro groups is 1. The Morgan fingerprint density at radius 3 is 2.67 bits per heavy atom. The maximum absolute atomic E-state index is 11.9. The van der Waals surface area contributed by atoms with E-state index in [4.69, 9.17) is 9.52 Å². The minimum atomic E-state index is -0.880. The van der Waals surface area contributed by atoms with Gasteiger partial charge in [0.2, 0.25) is 11.6 Å². The number of furan rings is 1. The Morgan fingerprint density at radius 1 is 1.33 bits per heavy atom. The quantitative estimate of drug-likeness (QED) is 0.490. The molecule has 1 saturated heterocycles. The molecule has 2 aromatic heterocycles. The first-order valence-electron chi connectivity index (χ1n) is 8.04. The number of carbonyl (C=O) groups is 2. The zero-order valence-electron chi connectivity index (χ0n) is 14.0. The lowest BCUT2D eigenvalue weighted by atomic mass is 9.97. The highest BCUT2D eigenvalue weighted by molar-refractivity contribution is 5.92. The Balaban J connectivity index is 1.78. The summed E-state index contributed by atoms with van der Waals surface area (Å²) in [6.07, 6.45) is 3.16. The first-order valence-corrected chi connectivity index (χ1v) is 8.04. The summed E-state index contributed by atoms with van der Waals surface area (Å²) < 4.78 is 4.93. The van der Waals surface area contributed by atoms with E-state index < -0.39 is 28.4 Å². The first-order chi connectivity index (χ1) is 13.0. The molecule has 0 aliphatic carbocycles. The molecular weight excluding hydrogens is 360 g/mol. The molecule has 0 aromatic carbocycles. The van der Waals surface area contributed by atoms with Crippen LogP contribution in [0.3, 0.4) is 0 Å². The SMILES string of the molecule is O=C(NNc1ncnc(N2CCC(C(=O)O)CC2)c1[N+](=O)[O-])c1ccco1. The number of hydrogen-bond acceptors (Lipinski definition) is 9. The summed E-state index contributed by atoms with van der Waals surface area (Å²) in [5, 5.41) is 20.6. The number of aromatic nitrogens is 2. The number of nitrogens with zero attached hydrogens (tertiary/aromatic N) is 4. The van der Waals surface area contributed by atoms with Crippen molar-refractivity contribution in [2.24, 2.45) is 5.92 Å². The molecule has 3 heterocycles. The van der Waals surface area contributed by atoms with E-state index in [1.54, 1.807) is 4.90 Å². The van der Waals surface area contributed by atoms with E-state index >= 15 is 0 Å². The van der Waals surface area contributed by atoms with Crippen molar-refractivity contribution in [3.05, 3.63) is 40.6 Å². The van der Waals surface area contributed by atoms with Crippen molar-refractivity contribution in [2.45, 2.75) is 12.8 Å². The molecule has 0 unspecified atom stereocenters. The van der Waals surface area contributed by atoms with Crippen molar-refractivity contribution in [1.29, 1.82) is 0 Å². The first kappa shape index (κ1) is 18.1. The number of nitrogens with one attached hydrogen (secondary N) is 2. The van der Waals surface area contributed by atoms with E-state index in [1.807, 2.05) is 0 Å². The second-order valence-corrected chi connectivity index (χ2v) is 5.81. The van der Waals surface area contributed by atoms with Crippen molar-refractivity contribution >= 4 is 29.2 Å². The van der Waals surface area contributed by atoms with Crippen LogP contribution in [0.1, 0.15) is 23.4 Å². The topological polar surface area (TPSA) is 164 Å². The fourth-order valence-corrected chi connectivity index (χ4v) is 2.78. The van der Waals surface area contributed by atoms with E-state index in [-0.39, 0.29) is 17.4 Å². The van der Waals surface area contributed by atoms with Gasteiger partial charge in [-0.1, -0.05) is 0 Å². The normalized spacial score (nSPS) is 14.6. The number of piperidine rings is 1. The highest BCUT2D eigenvalue weighted by Crippen LogP contribution is 2.33. The van der Waals surface area contributed by atoms with Gasteiger partial charge in [0.25, 0.3) is 0 Å². The van der Waals surface area contributed by atoms with Crippen LogP contribution in [0.15, 0.2) is 29.1 Å². The molecule has 0 radical (unpaired) electrons. The molecule has 142 valence electrons. The van der Waals surface area contributed by atoms with Gasteiger partial charge < -0.3 is 14.4 Å². The van der Waals surface area contributed by atoms with E-state index in [0.717, 1.165) is 6.33 Å². The smallest absolute Gasteiger partial charge is 0.355 e. The summed E-state index contributed by atoms with van der Waals surface area (Å²) in [6.45, 7) is 0.625. The lowest BCUT2D eigenvalue weighted by molar-refractivity contribution is -0.383. The fraction of sp³-hybridized carbons (Fsp3) is 0.333. The Kier molecular flexibility index (Phi) is 5.15. The van der Waals surface area contributed by atoms with E-state index in [9.17, 15) is 19.7 Å². The molecule has 1 amide bonds. The Morgan fingerprint density at radius 2 is 2.07 bits per heavy atom. The molecule has 12 nitrogen and oxygen atoms in total. The second kappa shape index (κ2) is 7.68. The predicted octanol–water partition coefficient (Wildman–Crippen LogP) is 1.04. The molecule has 1 fully saturated rings. The van der Waals surface area contributed by atoms with Crippen molar-refractivity contribution in [1.82, 2.24) is 15.4 Å². The molecule has 0 bridgehead atoms. The van der Waals surface area contributed by atoms with Crippen molar-refractivity contribution in [3.63, 3.8) is 0 Å².